The number of hydrogen-bond acceptors (Lipinski definition) is 5. The Morgan fingerprint density at radius 3 is 1.88 bits per heavy atom. The Morgan fingerprint density at radius 1 is 0.920 bits per heavy atom. The van der Waals surface area contributed by atoms with E-state index in [4.69, 9.17) is 9.31 Å². The van der Waals surface area contributed by atoms with Crippen molar-refractivity contribution in [2.75, 3.05) is 0 Å². The Balaban J connectivity index is 0.000000730. The van der Waals surface area contributed by atoms with Crippen molar-refractivity contribution < 1.29 is 9.31 Å². The quantitative estimate of drug-likeness (QED) is 0.782. The van der Waals surface area contributed by atoms with Gasteiger partial charge in [0.05, 0.1) is 23.1 Å². The molecule has 25 heavy (non-hydrogen) atoms. The molecule has 0 amide bonds. The maximum Gasteiger partial charge on any atom is 0.496 e. The first kappa shape index (κ1) is 21.3. The molecule has 0 spiro atoms. The summed E-state index contributed by atoms with van der Waals surface area (Å²) in [6.45, 7) is 16.1. The van der Waals surface area contributed by atoms with Crippen LogP contribution in [0, 0.1) is 0 Å². The lowest BCUT2D eigenvalue weighted by molar-refractivity contribution is 0.00578. The van der Waals surface area contributed by atoms with Crippen LogP contribution in [0.1, 0.15) is 55.4 Å². The summed E-state index contributed by atoms with van der Waals surface area (Å²) >= 11 is 0. The van der Waals surface area contributed by atoms with E-state index < -0.39 is 7.12 Å². The summed E-state index contributed by atoms with van der Waals surface area (Å²) in [5.74, 6) is 0. The van der Waals surface area contributed by atoms with Gasteiger partial charge in [0, 0.05) is 18.7 Å². The van der Waals surface area contributed by atoms with Crippen molar-refractivity contribution in [2.45, 2.75) is 66.6 Å². The van der Waals surface area contributed by atoms with Crippen LogP contribution in [0.4, 0.5) is 0 Å². The van der Waals surface area contributed by atoms with Gasteiger partial charge in [-0.1, -0.05) is 39.0 Å². The molecule has 7 heteroatoms. The van der Waals surface area contributed by atoms with E-state index in [2.05, 4.69) is 15.3 Å². The molecule has 3 heterocycles. The molecule has 0 N–H and O–H groups in total. The Hall–Kier alpha value is -1.73. The standard InChI is InChI=1S/C14H19BN4O2.2C2H6/c1-13(2)14(3,4)21-15(20-13)10-6-7-11(16-8-10)12-9-19(5)18-17-12;2*1-2/h6-9H,1-5H3;2*1-2H3. The van der Waals surface area contributed by atoms with Gasteiger partial charge in [0.2, 0.25) is 0 Å². The SMILES string of the molecule is CC.CC.Cn1cc(-c2ccc(B3OC(C)(C)C(C)(C)O3)cn2)nn1. The zero-order valence-corrected chi connectivity index (χ0v) is 17.0. The van der Waals surface area contributed by atoms with Gasteiger partial charge in [-0.2, -0.15) is 0 Å². The van der Waals surface area contributed by atoms with Crippen LogP contribution in [0.15, 0.2) is 24.5 Å². The molecule has 0 bridgehead atoms. The summed E-state index contributed by atoms with van der Waals surface area (Å²) < 4.78 is 13.7. The smallest absolute Gasteiger partial charge is 0.399 e. The highest BCUT2D eigenvalue weighted by Crippen LogP contribution is 2.36. The monoisotopic (exact) mass is 346 g/mol. The minimum absolute atomic E-state index is 0.346. The molecule has 0 aliphatic carbocycles. The average molecular weight is 346 g/mol. The lowest BCUT2D eigenvalue weighted by Gasteiger charge is -2.32. The van der Waals surface area contributed by atoms with Gasteiger partial charge in [0.15, 0.2) is 0 Å². The minimum Gasteiger partial charge on any atom is -0.399 e. The summed E-state index contributed by atoms with van der Waals surface area (Å²) in [5, 5.41) is 7.96. The van der Waals surface area contributed by atoms with Gasteiger partial charge in [-0.15, -0.1) is 5.10 Å². The molecule has 1 aliphatic rings. The third kappa shape index (κ3) is 4.67. The zero-order chi connectivity index (χ0) is 19.3. The Labute approximate surface area is 152 Å². The molecule has 0 aromatic carbocycles. The second-order valence-electron chi connectivity index (χ2n) is 6.34. The van der Waals surface area contributed by atoms with Crippen LogP contribution in [-0.4, -0.2) is 38.3 Å². The number of aromatic nitrogens is 4. The molecule has 1 fully saturated rings. The van der Waals surface area contributed by atoms with E-state index in [1.54, 1.807) is 10.9 Å². The zero-order valence-electron chi connectivity index (χ0n) is 17.0. The lowest BCUT2D eigenvalue weighted by atomic mass is 9.80. The van der Waals surface area contributed by atoms with Crippen LogP contribution in [0.5, 0.6) is 0 Å². The summed E-state index contributed by atoms with van der Waals surface area (Å²) in [6.07, 6.45) is 3.60. The van der Waals surface area contributed by atoms with Crippen molar-refractivity contribution in [3.8, 4) is 11.4 Å². The van der Waals surface area contributed by atoms with Crippen molar-refractivity contribution in [3.05, 3.63) is 24.5 Å². The molecule has 2 aromatic rings. The van der Waals surface area contributed by atoms with Gasteiger partial charge >= 0.3 is 7.12 Å². The number of nitrogens with zero attached hydrogens (tertiary/aromatic N) is 4. The number of hydrogen-bond donors (Lipinski definition) is 0. The Morgan fingerprint density at radius 2 is 1.48 bits per heavy atom. The normalized spacial score (nSPS) is 17.2. The molecule has 0 unspecified atom stereocenters. The van der Waals surface area contributed by atoms with Crippen molar-refractivity contribution in [2.24, 2.45) is 7.05 Å². The van der Waals surface area contributed by atoms with E-state index in [0.29, 0.717) is 0 Å². The van der Waals surface area contributed by atoms with Crippen molar-refractivity contribution in [3.63, 3.8) is 0 Å². The fourth-order valence-electron chi connectivity index (χ4n) is 2.14. The fourth-order valence-corrected chi connectivity index (χ4v) is 2.14. The molecule has 138 valence electrons. The van der Waals surface area contributed by atoms with Crippen molar-refractivity contribution in [1.29, 1.82) is 0 Å². The molecule has 6 nitrogen and oxygen atoms in total. The van der Waals surface area contributed by atoms with Crippen LogP contribution in [-0.2, 0) is 16.4 Å². The predicted molar refractivity (Wildman–Crippen MR) is 103 cm³/mol. The van der Waals surface area contributed by atoms with Crippen LogP contribution in [0.25, 0.3) is 11.4 Å². The molecule has 0 saturated carbocycles. The highest BCUT2D eigenvalue weighted by atomic mass is 16.7. The third-order valence-corrected chi connectivity index (χ3v) is 4.18. The van der Waals surface area contributed by atoms with Crippen LogP contribution in [0.2, 0.25) is 0 Å². The van der Waals surface area contributed by atoms with E-state index in [9.17, 15) is 0 Å². The first-order valence-electron chi connectivity index (χ1n) is 8.97. The molecule has 1 aliphatic heterocycles. The van der Waals surface area contributed by atoms with E-state index in [-0.39, 0.29) is 11.2 Å². The predicted octanol–water partition coefficient (Wildman–Crippen LogP) is 3.23. The summed E-state index contributed by atoms with van der Waals surface area (Å²) in [4.78, 5) is 4.43. The largest absolute Gasteiger partial charge is 0.496 e. The second-order valence-corrected chi connectivity index (χ2v) is 6.34. The average Bonchev–Trinajstić information content (AvgIpc) is 3.12. The first-order chi connectivity index (χ1) is 11.8. The van der Waals surface area contributed by atoms with Gasteiger partial charge in [-0.3, -0.25) is 9.67 Å². The number of aryl methyl sites for hydroxylation is 1. The topological polar surface area (TPSA) is 62.1 Å². The molecular weight excluding hydrogens is 315 g/mol. The molecule has 3 rings (SSSR count). The Bertz CT molecular complexity index is 637. The molecular formula is C18H31BN4O2. The maximum absolute atomic E-state index is 6.01. The molecule has 2 aromatic heterocycles. The van der Waals surface area contributed by atoms with E-state index in [0.717, 1.165) is 16.9 Å². The summed E-state index contributed by atoms with van der Waals surface area (Å²) in [5.41, 5.74) is 1.74. The molecule has 1 saturated heterocycles. The highest BCUT2D eigenvalue weighted by Gasteiger charge is 2.51. The van der Waals surface area contributed by atoms with E-state index in [1.165, 1.54) is 0 Å². The molecule has 0 radical (unpaired) electrons. The second kappa shape index (κ2) is 8.58. The maximum atomic E-state index is 6.01. The number of rotatable bonds is 2. The Kier molecular flexibility index (Phi) is 7.32. The summed E-state index contributed by atoms with van der Waals surface area (Å²) in [6, 6.07) is 3.86. The van der Waals surface area contributed by atoms with Crippen LogP contribution < -0.4 is 5.46 Å². The number of pyridine rings is 1. The van der Waals surface area contributed by atoms with Gasteiger partial charge in [0.25, 0.3) is 0 Å². The minimum atomic E-state index is -0.390. The van der Waals surface area contributed by atoms with Crippen molar-refractivity contribution in [1.82, 2.24) is 20.0 Å². The van der Waals surface area contributed by atoms with Gasteiger partial charge < -0.3 is 9.31 Å². The van der Waals surface area contributed by atoms with Gasteiger partial charge in [-0.25, -0.2) is 0 Å². The van der Waals surface area contributed by atoms with Crippen LogP contribution in [0.3, 0.4) is 0 Å². The van der Waals surface area contributed by atoms with Crippen molar-refractivity contribution >= 4 is 12.6 Å². The van der Waals surface area contributed by atoms with Crippen LogP contribution >= 0.6 is 0 Å². The molecule has 0 atom stereocenters. The first-order valence-corrected chi connectivity index (χ1v) is 8.97. The fraction of sp³-hybridized carbons (Fsp3) is 0.611. The highest BCUT2D eigenvalue weighted by molar-refractivity contribution is 6.62. The third-order valence-electron chi connectivity index (χ3n) is 4.18. The lowest BCUT2D eigenvalue weighted by Crippen LogP contribution is -2.41. The van der Waals surface area contributed by atoms with E-state index in [1.807, 2.05) is 80.8 Å². The van der Waals surface area contributed by atoms with Gasteiger partial charge in [0.1, 0.15) is 5.69 Å². The van der Waals surface area contributed by atoms with Gasteiger partial charge in [-0.05, 0) is 33.8 Å². The van der Waals surface area contributed by atoms with E-state index >= 15 is 0 Å². The summed E-state index contributed by atoms with van der Waals surface area (Å²) in [7, 11) is 1.44.